The molecule has 0 fully saturated rings. The summed E-state index contributed by atoms with van der Waals surface area (Å²) in [7, 11) is 0. The third-order valence-electron chi connectivity index (χ3n) is 5.33. The van der Waals surface area contributed by atoms with E-state index in [1.54, 1.807) is 12.4 Å². The molecule has 33 heavy (non-hydrogen) atoms. The van der Waals surface area contributed by atoms with E-state index < -0.39 is 6.09 Å². The number of nitrogens with zero attached hydrogens (tertiary/aromatic N) is 2. The molecule has 1 heterocycles. The van der Waals surface area contributed by atoms with Gasteiger partial charge in [-0.3, -0.25) is 0 Å². The lowest BCUT2D eigenvalue weighted by Crippen LogP contribution is -2.24. The number of aromatic nitrogens is 2. The van der Waals surface area contributed by atoms with Crippen LogP contribution in [0.25, 0.3) is 22.2 Å². The molecule has 0 spiro atoms. The predicted molar refractivity (Wildman–Crippen MR) is 133 cm³/mol. The van der Waals surface area contributed by atoms with Gasteiger partial charge in [-0.05, 0) is 59.9 Å². The van der Waals surface area contributed by atoms with Crippen molar-refractivity contribution >= 4 is 40.1 Å². The van der Waals surface area contributed by atoms with Crippen LogP contribution in [0.15, 0.2) is 67.0 Å². The Labute approximate surface area is 197 Å². The molecule has 0 aliphatic rings. The van der Waals surface area contributed by atoms with Crippen LogP contribution < -0.4 is 16.8 Å². The van der Waals surface area contributed by atoms with Gasteiger partial charge in [-0.25, -0.2) is 9.78 Å². The third kappa shape index (κ3) is 5.75. The fraction of sp³-hybridized carbons (Fsp3) is 0.200. The standard InChI is InChI=1S/C25H26ClN5O2/c26-20-13-22(28)24-23(14-20)31(16-30-24)9-1-2-10-33-25(32)29-15-17-5-3-6-18(11-17)19-7-4-8-21(27)12-19/h3-8,11-14,16H,1-2,9-10,15,27-28H2,(H,29,32). The Morgan fingerprint density at radius 3 is 2.64 bits per heavy atom. The number of benzene rings is 3. The summed E-state index contributed by atoms with van der Waals surface area (Å²) in [6, 6.07) is 19.2. The first-order chi connectivity index (χ1) is 16.0. The molecular weight excluding hydrogens is 438 g/mol. The number of hydrogen-bond acceptors (Lipinski definition) is 5. The van der Waals surface area contributed by atoms with E-state index in [1.165, 1.54) is 0 Å². The van der Waals surface area contributed by atoms with Gasteiger partial charge in [-0.1, -0.05) is 41.9 Å². The summed E-state index contributed by atoms with van der Waals surface area (Å²) in [6.07, 6.45) is 2.88. The van der Waals surface area contributed by atoms with Gasteiger partial charge < -0.3 is 26.1 Å². The Hall–Kier alpha value is -3.71. The molecule has 3 aromatic carbocycles. The number of hydrogen-bond donors (Lipinski definition) is 3. The van der Waals surface area contributed by atoms with Gasteiger partial charge in [-0.2, -0.15) is 0 Å². The van der Waals surface area contributed by atoms with Crippen LogP contribution in [-0.4, -0.2) is 22.3 Å². The van der Waals surface area contributed by atoms with Crippen LogP contribution in [0.5, 0.6) is 0 Å². The Morgan fingerprint density at radius 1 is 1.03 bits per heavy atom. The van der Waals surface area contributed by atoms with Crippen molar-refractivity contribution in [1.29, 1.82) is 0 Å². The first-order valence-electron chi connectivity index (χ1n) is 10.7. The number of alkyl carbamates (subject to hydrolysis) is 1. The number of rotatable bonds is 8. The lowest BCUT2D eigenvalue weighted by molar-refractivity contribution is 0.143. The molecule has 4 aromatic rings. The predicted octanol–water partition coefficient (Wildman–Crippen LogP) is 5.23. The molecule has 0 aliphatic carbocycles. The highest BCUT2D eigenvalue weighted by molar-refractivity contribution is 6.31. The molecule has 0 saturated heterocycles. The smallest absolute Gasteiger partial charge is 0.407 e. The van der Waals surface area contributed by atoms with Gasteiger partial charge in [0.2, 0.25) is 0 Å². The minimum absolute atomic E-state index is 0.338. The van der Waals surface area contributed by atoms with Crippen LogP contribution in [0.3, 0.4) is 0 Å². The van der Waals surface area contributed by atoms with Crippen molar-refractivity contribution in [2.45, 2.75) is 25.9 Å². The molecule has 170 valence electrons. The van der Waals surface area contributed by atoms with Crippen LogP contribution >= 0.6 is 11.6 Å². The molecule has 0 bridgehead atoms. The fourth-order valence-electron chi connectivity index (χ4n) is 3.69. The zero-order valence-corrected chi connectivity index (χ0v) is 18.9. The first-order valence-corrected chi connectivity index (χ1v) is 11.1. The lowest BCUT2D eigenvalue weighted by atomic mass is 10.0. The van der Waals surface area contributed by atoms with E-state index in [-0.39, 0.29) is 0 Å². The van der Waals surface area contributed by atoms with E-state index in [0.29, 0.717) is 29.5 Å². The monoisotopic (exact) mass is 463 g/mol. The molecule has 7 nitrogen and oxygen atoms in total. The summed E-state index contributed by atoms with van der Waals surface area (Å²) in [4.78, 5) is 16.4. The highest BCUT2D eigenvalue weighted by atomic mass is 35.5. The third-order valence-corrected chi connectivity index (χ3v) is 5.55. The van der Waals surface area contributed by atoms with E-state index in [4.69, 9.17) is 27.8 Å². The van der Waals surface area contributed by atoms with Crippen molar-refractivity contribution < 1.29 is 9.53 Å². The number of unbranched alkanes of at least 4 members (excludes halogenated alkanes) is 1. The van der Waals surface area contributed by atoms with Gasteiger partial charge in [0.05, 0.1) is 24.1 Å². The second-order valence-electron chi connectivity index (χ2n) is 7.82. The van der Waals surface area contributed by atoms with E-state index >= 15 is 0 Å². The van der Waals surface area contributed by atoms with Gasteiger partial charge in [0.25, 0.3) is 0 Å². The van der Waals surface area contributed by atoms with Crippen molar-refractivity contribution in [2.24, 2.45) is 0 Å². The Bertz CT molecular complexity index is 1270. The second-order valence-corrected chi connectivity index (χ2v) is 8.26. The number of anilines is 2. The van der Waals surface area contributed by atoms with Crippen molar-refractivity contribution in [3.05, 3.63) is 77.6 Å². The molecule has 4 rings (SSSR count). The number of carbonyl (C=O) groups is 1. The van der Waals surface area contributed by atoms with Gasteiger partial charge in [-0.15, -0.1) is 0 Å². The first kappa shape index (κ1) is 22.5. The fourth-order valence-corrected chi connectivity index (χ4v) is 3.91. The molecule has 8 heteroatoms. The topological polar surface area (TPSA) is 108 Å². The maximum Gasteiger partial charge on any atom is 0.407 e. The number of nitrogen functional groups attached to an aromatic ring is 2. The number of amides is 1. The number of ether oxygens (including phenoxy) is 1. The molecule has 0 atom stereocenters. The van der Waals surface area contributed by atoms with E-state index in [0.717, 1.165) is 47.1 Å². The van der Waals surface area contributed by atoms with Crippen molar-refractivity contribution in [3.8, 4) is 11.1 Å². The maximum atomic E-state index is 12.1. The molecule has 5 N–H and O–H groups in total. The highest BCUT2D eigenvalue weighted by Crippen LogP contribution is 2.25. The Kier molecular flexibility index (Phi) is 7.00. The highest BCUT2D eigenvalue weighted by Gasteiger charge is 2.08. The lowest BCUT2D eigenvalue weighted by Gasteiger charge is -2.09. The number of fused-ring (bicyclic) bond motifs is 1. The Morgan fingerprint density at radius 2 is 1.82 bits per heavy atom. The summed E-state index contributed by atoms with van der Waals surface area (Å²) in [5.74, 6) is 0. The summed E-state index contributed by atoms with van der Waals surface area (Å²) in [5, 5.41) is 3.38. The molecule has 0 unspecified atom stereocenters. The molecule has 1 aromatic heterocycles. The van der Waals surface area contributed by atoms with E-state index in [1.807, 2.05) is 59.2 Å². The number of carbonyl (C=O) groups excluding carboxylic acids is 1. The van der Waals surface area contributed by atoms with Gasteiger partial charge in [0.15, 0.2) is 0 Å². The second kappa shape index (κ2) is 10.3. The number of nitrogens with two attached hydrogens (primary N) is 2. The molecule has 0 saturated carbocycles. The van der Waals surface area contributed by atoms with Crippen LogP contribution in [0.4, 0.5) is 16.2 Å². The molecule has 0 radical (unpaired) electrons. The number of aryl methyl sites for hydroxylation is 1. The van der Waals surface area contributed by atoms with Crippen molar-refractivity contribution in [3.63, 3.8) is 0 Å². The zero-order chi connectivity index (χ0) is 23.2. The van der Waals surface area contributed by atoms with Crippen LogP contribution in [0, 0.1) is 0 Å². The number of nitrogens with one attached hydrogen (secondary N) is 1. The largest absolute Gasteiger partial charge is 0.450 e. The van der Waals surface area contributed by atoms with Crippen LogP contribution in [-0.2, 0) is 17.8 Å². The van der Waals surface area contributed by atoms with Crippen molar-refractivity contribution in [2.75, 3.05) is 18.1 Å². The van der Waals surface area contributed by atoms with Crippen LogP contribution in [0.2, 0.25) is 5.02 Å². The normalized spacial score (nSPS) is 10.9. The molecular formula is C25H26ClN5O2. The average molecular weight is 464 g/mol. The van der Waals surface area contributed by atoms with E-state index in [2.05, 4.69) is 10.3 Å². The zero-order valence-electron chi connectivity index (χ0n) is 18.1. The van der Waals surface area contributed by atoms with E-state index in [9.17, 15) is 4.79 Å². The molecule has 1 amide bonds. The summed E-state index contributed by atoms with van der Waals surface area (Å²) >= 11 is 6.10. The Balaban J connectivity index is 1.20. The summed E-state index contributed by atoms with van der Waals surface area (Å²) in [5.41, 5.74) is 17.8. The maximum absolute atomic E-state index is 12.1. The minimum Gasteiger partial charge on any atom is -0.450 e. The quantitative estimate of drug-likeness (QED) is 0.245. The SMILES string of the molecule is Nc1cccc(-c2cccc(CNC(=O)OCCCCn3cnc4c(N)cc(Cl)cc43)c2)c1. The van der Waals surface area contributed by atoms with Crippen molar-refractivity contribution in [1.82, 2.24) is 14.9 Å². The summed E-state index contributed by atoms with van der Waals surface area (Å²) < 4.78 is 7.31. The number of halogens is 1. The molecule has 0 aliphatic heterocycles. The average Bonchev–Trinajstić information content (AvgIpc) is 3.21. The van der Waals surface area contributed by atoms with Crippen LogP contribution in [0.1, 0.15) is 18.4 Å². The summed E-state index contributed by atoms with van der Waals surface area (Å²) in [6.45, 7) is 1.46. The minimum atomic E-state index is -0.433. The number of imidazole rings is 1. The van der Waals surface area contributed by atoms with Gasteiger partial charge in [0, 0.05) is 23.8 Å². The van der Waals surface area contributed by atoms with Gasteiger partial charge in [0.1, 0.15) is 5.52 Å². The van der Waals surface area contributed by atoms with Gasteiger partial charge >= 0.3 is 6.09 Å².